The molecule has 2 aromatic rings. The van der Waals surface area contributed by atoms with Crippen LogP contribution >= 0.6 is 11.8 Å². The standard InChI is InChI=1S/C20H27N5O3S/c1-13-21-18(28-22-13)11-29-12-19(26)24-7-14-6-16(10-24)17-5-4-15(9-23(2)3)20(27)25(17)8-14/h4-5,14,16H,6-12H2,1-3H3/t14-,16+/m0/s1. The van der Waals surface area contributed by atoms with Crippen LogP contribution in [0, 0.1) is 12.8 Å². The number of aryl methyl sites for hydroxylation is 1. The average molecular weight is 418 g/mol. The molecule has 1 saturated heterocycles. The quantitative estimate of drug-likeness (QED) is 0.704. The van der Waals surface area contributed by atoms with Gasteiger partial charge in [0.2, 0.25) is 11.8 Å². The van der Waals surface area contributed by atoms with Crippen molar-refractivity contribution in [2.24, 2.45) is 5.92 Å². The minimum absolute atomic E-state index is 0.121. The molecule has 8 nitrogen and oxygen atoms in total. The molecule has 4 rings (SSSR count). The van der Waals surface area contributed by atoms with Crippen molar-refractivity contribution in [3.05, 3.63) is 45.5 Å². The van der Waals surface area contributed by atoms with Gasteiger partial charge in [-0.25, -0.2) is 0 Å². The van der Waals surface area contributed by atoms with Gasteiger partial charge in [-0.2, -0.15) is 4.98 Å². The van der Waals surface area contributed by atoms with Crippen LogP contribution in [0.5, 0.6) is 0 Å². The van der Waals surface area contributed by atoms with Crippen LogP contribution in [0.4, 0.5) is 0 Å². The highest BCUT2D eigenvalue weighted by atomic mass is 32.2. The Morgan fingerprint density at radius 1 is 1.31 bits per heavy atom. The first-order valence-corrected chi connectivity index (χ1v) is 11.1. The Balaban J connectivity index is 1.41. The lowest BCUT2D eigenvalue weighted by Crippen LogP contribution is -2.50. The molecule has 29 heavy (non-hydrogen) atoms. The second kappa shape index (κ2) is 8.31. The fraction of sp³-hybridized carbons (Fsp3) is 0.600. The average Bonchev–Trinajstić information content (AvgIpc) is 3.09. The van der Waals surface area contributed by atoms with E-state index in [4.69, 9.17) is 4.52 Å². The Kier molecular flexibility index (Phi) is 5.78. The molecule has 0 aromatic carbocycles. The lowest BCUT2D eigenvalue weighted by atomic mass is 9.83. The molecular formula is C20H27N5O3S. The third-order valence-corrected chi connectivity index (χ3v) is 6.45. The Labute approximate surface area is 174 Å². The molecule has 2 atom stereocenters. The van der Waals surface area contributed by atoms with Gasteiger partial charge in [0, 0.05) is 43.4 Å². The third kappa shape index (κ3) is 4.40. The summed E-state index contributed by atoms with van der Waals surface area (Å²) in [6.07, 6.45) is 1.05. The van der Waals surface area contributed by atoms with E-state index in [-0.39, 0.29) is 17.4 Å². The molecule has 2 aliphatic heterocycles. The number of rotatable bonds is 6. The number of hydrogen-bond acceptors (Lipinski definition) is 7. The van der Waals surface area contributed by atoms with Crippen molar-refractivity contribution < 1.29 is 9.32 Å². The number of pyridine rings is 1. The van der Waals surface area contributed by atoms with E-state index in [1.54, 1.807) is 6.92 Å². The van der Waals surface area contributed by atoms with E-state index in [9.17, 15) is 9.59 Å². The number of amides is 1. The van der Waals surface area contributed by atoms with Gasteiger partial charge in [-0.15, -0.1) is 11.8 Å². The number of carbonyl (C=O) groups is 1. The van der Waals surface area contributed by atoms with Crippen LogP contribution in [-0.2, 0) is 23.6 Å². The number of fused-ring (bicyclic) bond motifs is 4. The predicted molar refractivity (Wildman–Crippen MR) is 111 cm³/mol. The Hall–Kier alpha value is -2.13. The molecule has 0 saturated carbocycles. The first-order valence-electron chi connectivity index (χ1n) is 9.92. The van der Waals surface area contributed by atoms with Crippen molar-refractivity contribution in [2.45, 2.75) is 38.1 Å². The number of piperidine rings is 1. The van der Waals surface area contributed by atoms with E-state index in [1.165, 1.54) is 11.8 Å². The van der Waals surface area contributed by atoms with Crippen LogP contribution in [0.1, 0.15) is 35.3 Å². The van der Waals surface area contributed by atoms with Gasteiger partial charge in [-0.1, -0.05) is 11.2 Å². The highest BCUT2D eigenvalue weighted by molar-refractivity contribution is 7.99. The molecule has 2 aromatic heterocycles. The normalized spacial score (nSPS) is 20.8. The van der Waals surface area contributed by atoms with Gasteiger partial charge in [0.15, 0.2) is 5.82 Å². The lowest BCUT2D eigenvalue weighted by Gasteiger charge is -2.43. The smallest absolute Gasteiger partial charge is 0.255 e. The van der Waals surface area contributed by atoms with Gasteiger partial charge in [-0.3, -0.25) is 9.59 Å². The molecule has 2 aliphatic rings. The zero-order chi connectivity index (χ0) is 20.5. The SMILES string of the molecule is Cc1noc(CSCC(=O)N2C[C@@H]3C[C@H](C2)c2ccc(CN(C)C)c(=O)n2C3)n1. The number of thioether (sulfide) groups is 1. The molecule has 0 N–H and O–H groups in total. The van der Waals surface area contributed by atoms with Gasteiger partial charge >= 0.3 is 0 Å². The molecule has 0 spiro atoms. The van der Waals surface area contributed by atoms with Gasteiger partial charge in [0.05, 0.1) is 11.5 Å². The van der Waals surface area contributed by atoms with Gasteiger partial charge in [0.25, 0.3) is 5.56 Å². The summed E-state index contributed by atoms with van der Waals surface area (Å²) in [5.41, 5.74) is 2.02. The van der Waals surface area contributed by atoms with E-state index in [0.717, 1.165) is 24.2 Å². The highest BCUT2D eigenvalue weighted by Gasteiger charge is 2.36. The fourth-order valence-corrected chi connectivity index (χ4v) is 5.12. The summed E-state index contributed by atoms with van der Waals surface area (Å²) in [7, 11) is 3.94. The Morgan fingerprint density at radius 2 is 2.14 bits per heavy atom. The maximum atomic E-state index is 12.9. The van der Waals surface area contributed by atoms with Crippen molar-refractivity contribution >= 4 is 17.7 Å². The van der Waals surface area contributed by atoms with Crippen LogP contribution in [0.15, 0.2) is 21.5 Å². The number of aromatic nitrogens is 3. The summed E-state index contributed by atoms with van der Waals surface area (Å²) in [6, 6.07) is 4.04. The van der Waals surface area contributed by atoms with Crippen molar-refractivity contribution in [3.63, 3.8) is 0 Å². The number of hydrogen-bond donors (Lipinski definition) is 0. The van der Waals surface area contributed by atoms with Crippen LogP contribution in [-0.4, -0.2) is 63.4 Å². The number of nitrogens with zero attached hydrogens (tertiary/aromatic N) is 5. The summed E-state index contributed by atoms with van der Waals surface area (Å²) < 4.78 is 7.04. The number of carbonyl (C=O) groups excluding carboxylic acids is 1. The zero-order valence-electron chi connectivity index (χ0n) is 17.1. The topological polar surface area (TPSA) is 84.5 Å². The van der Waals surface area contributed by atoms with Crippen LogP contribution < -0.4 is 5.56 Å². The second-order valence-electron chi connectivity index (χ2n) is 8.26. The van der Waals surface area contributed by atoms with Gasteiger partial charge in [0.1, 0.15) is 0 Å². The third-order valence-electron chi connectivity index (χ3n) is 5.54. The molecule has 4 heterocycles. The molecule has 0 unspecified atom stereocenters. The predicted octanol–water partition coefficient (Wildman–Crippen LogP) is 1.48. The van der Waals surface area contributed by atoms with Crippen molar-refractivity contribution in [1.29, 1.82) is 0 Å². The molecule has 0 radical (unpaired) electrons. The molecule has 1 fully saturated rings. The van der Waals surface area contributed by atoms with E-state index in [0.29, 0.717) is 48.8 Å². The Morgan fingerprint density at radius 3 is 2.86 bits per heavy atom. The van der Waals surface area contributed by atoms with E-state index in [2.05, 4.69) is 16.2 Å². The first-order chi connectivity index (χ1) is 13.9. The first kappa shape index (κ1) is 20.2. The van der Waals surface area contributed by atoms with Crippen molar-refractivity contribution in [3.8, 4) is 0 Å². The largest absolute Gasteiger partial charge is 0.341 e. The van der Waals surface area contributed by atoms with E-state index in [1.807, 2.05) is 34.5 Å². The maximum absolute atomic E-state index is 12.9. The molecule has 0 aliphatic carbocycles. The van der Waals surface area contributed by atoms with Crippen LogP contribution in [0.25, 0.3) is 0 Å². The van der Waals surface area contributed by atoms with Crippen LogP contribution in [0.2, 0.25) is 0 Å². The highest BCUT2D eigenvalue weighted by Crippen LogP contribution is 2.35. The summed E-state index contributed by atoms with van der Waals surface area (Å²) in [6.45, 7) is 4.53. The van der Waals surface area contributed by atoms with Crippen LogP contribution in [0.3, 0.4) is 0 Å². The Bertz CT molecular complexity index is 954. The lowest BCUT2D eigenvalue weighted by molar-refractivity contribution is -0.131. The molecule has 9 heteroatoms. The molecule has 156 valence electrons. The van der Waals surface area contributed by atoms with E-state index < -0.39 is 0 Å². The van der Waals surface area contributed by atoms with E-state index >= 15 is 0 Å². The monoisotopic (exact) mass is 417 g/mol. The number of likely N-dealkylation sites (tertiary alicyclic amines) is 1. The zero-order valence-corrected chi connectivity index (χ0v) is 17.9. The molecule has 1 amide bonds. The summed E-state index contributed by atoms with van der Waals surface area (Å²) in [5.74, 6) is 2.81. The minimum Gasteiger partial charge on any atom is -0.341 e. The van der Waals surface area contributed by atoms with Gasteiger partial charge < -0.3 is 18.9 Å². The fourth-order valence-electron chi connectivity index (χ4n) is 4.37. The molecule has 2 bridgehead atoms. The van der Waals surface area contributed by atoms with Crippen molar-refractivity contribution in [1.82, 2.24) is 24.5 Å². The van der Waals surface area contributed by atoms with Crippen molar-refractivity contribution in [2.75, 3.05) is 32.9 Å². The maximum Gasteiger partial charge on any atom is 0.255 e. The summed E-state index contributed by atoms with van der Waals surface area (Å²) >= 11 is 1.50. The molecular weight excluding hydrogens is 390 g/mol. The summed E-state index contributed by atoms with van der Waals surface area (Å²) in [5, 5.41) is 3.77. The van der Waals surface area contributed by atoms with Gasteiger partial charge in [-0.05, 0) is 39.4 Å². The summed E-state index contributed by atoms with van der Waals surface area (Å²) in [4.78, 5) is 33.8. The second-order valence-corrected chi connectivity index (χ2v) is 9.25. The minimum atomic E-state index is 0.121.